The number of benzene rings is 1. The summed E-state index contributed by atoms with van der Waals surface area (Å²) in [6.07, 6.45) is 1.47. The Balaban J connectivity index is 2.43. The number of nitrogens with one attached hydrogen (secondary N) is 1. The molecule has 1 aromatic carbocycles. The molecular weight excluding hydrogens is 455 g/mol. The SMILES string of the molecule is O=S(=O)(Nc1cc(Br)cnc1Cl)c1ccc(Br)cc1Cl. The number of nitrogens with zero attached hydrogens (tertiary/aromatic N) is 1. The number of halogens is 4. The molecule has 0 bridgehead atoms. The lowest BCUT2D eigenvalue weighted by molar-refractivity contribution is 0.601. The van der Waals surface area contributed by atoms with Gasteiger partial charge in [-0.15, -0.1) is 0 Å². The van der Waals surface area contributed by atoms with Gasteiger partial charge in [0.1, 0.15) is 4.90 Å². The van der Waals surface area contributed by atoms with Crippen LogP contribution in [0.25, 0.3) is 0 Å². The molecule has 0 aliphatic rings. The van der Waals surface area contributed by atoms with E-state index in [0.29, 0.717) is 8.95 Å². The van der Waals surface area contributed by atoms with Gasteiger partial charge in [0.15, 0.2) is 5.15 Å². The van der Waals surface area contributed by atoms with Gasteiger partial charge in [-0.25, -0.2) is 13.4 Å². The lowest BCUT2D eigenvalue weighted by Crippen LogP contribution is -2.14. The fraction of sp³-hybridized carbons (Fsp3) is 0. The average Bonchev–Trinajstić information content (AvgIpc) is 2.33. The Morgan fingerprint density at radius 1 is 1.10 bits per heavy atom. The van der Waals surface area contributed by atoms with E-state index in [4.69, 9.17) is 23.2 Å². The van der Waals surface area contributed by atoms with Crippen LogP contribution in [-0.2, 0) is 10.0 Å². The van der Waals surface area contributed by atoms with E-state index >= 15 is 0 Å². The van der Waals surface area contributed by atoms with Gasteiger partial charge in [-0.05, 0) is 40.2 Å². The maximum Gasteiger partial charge on any atom is 0.263 e. The Morgan fingerprint density at radius 2 is 1.80 bits per heavy atom. The first-order chi connectivity index (χ1) is 9.29. The summed E-state index contributed by atoms with van der Waals surface area (Å²) in [7, 11) is -3.85. The number of pyridine rings is 1. The third-order valence-electron chi connectivity index (χ3n) is 2.23. The molecule has 2 aromatic rings. The summed E-state index contributed by atoms with van der Waals surface area (Å²) in [6, 6.07) is 5.99. The molecule has 0 unspecified atom stereocenters. The predicted molar refractivity (Wildman–Crippen MR) is 86.9 cm³/mol. The molecule has 0 spiro atoms. The van der Waals surface area contributed by atoms with Crippen molar-refractivity contribution in [2.24, 2.45) is 0 Å². The zero-order chi connectivity index (χ0) is 14.9. The van der Waals surface area contributed by atoms with Crippen LogP contribution in [0, 0.1) is 0 Å². The van der Waals surface area contributed by atoms with E-state index < -0.39 is 10.0 Å². The minimum atomic E-state index is -3.85. The van der Waals surface area contributed by atoms with Gasteiger partial charge in [-0.1, -0.05) is 39.1 Å². The smallest absolute Gasteiger partial charge is 0.263 e. The lowest BCUT2D eigenvalue weighted by Gasteiger charge is -2.10. The Bertz CT molecular complexity index is 769. The Kier molecular flexibility index (Phi) is 4.96. The van der Waals surface area contributed by atoms with Crippen molar-refractivity contribution in [2.45, 2.75) is 4.90 Å². The molecule has 0 amide bonds. The standard InChI is InChI=1S/C11H6Br2Cl2N2O2S/c12-6-1-2-10(8(14)3-6)20(18,19)17-9-4-7(13)5-16-11(9)15/h1-5,17H. The van der Waals surface area contributed by atoms with Crippen LogP contribution in [0.15, 0.2) is 44.3 Å². The van der Waals surface area contributed by atoms with Gasteiger partial charge in [0.05, 0.1) is 10.7 Å². The Labute approximate surface area is 142 Å². The van der Waals surface area contributed by atoms with Crippen LogP contribution >= 0.6 is 55.1 Å². The second-order valence-corrected chi connectivity index (χ2v) is 7.92. The highest BCUT2D eigenvalue weighted by Gasteiger charge is 2.19. The average molecular weight is 461 g/mol. The zero-order valence-electron chi connectivity index (χ0n) is 9.57. The van der Waals surface area contributed by atoms with Crippen molar-refractivity contribution in [3.8, 4) is 0 Å². The molecule has 1 aromatic heterocycles. The monoisotopic (exact) mass is 458 g/mol. The van der Waals surface area contributed by atoms with Crippen molar-refractivity contribution < 1.29 is 8.42 Å². The van der Waals surface area contributed by atoms with Crippen LogP contribution in [0.1, 0.15) is 0 Å². The summed E-state index contributed by atoms with van der Waals surface area (Å²) < 4.78 is 28.2. The normalized spacial score (nSPS) is 11.4. The molecule has 0 fully saturated rings. The van der Waals surface area contributed by atoms with Gasteiger partial charge < -0.3 is 0 Å². The van der Waals surface area contributed by atoms with Crippen molar-refractivity contribution in [3.63, 3.8) is 0 Å². The quantitative estimate of drug-likeness (QED) is 0.674. The number of rotatable bonds is 3. The molecule has 1 heterocycles. The van der Waals surface area contributed by atoms with E-state index in [9.17, 15) is 8.42 Å². The molecular formula is C11H6Br2Cl2N2O2S. The van der Waals surface area contributed by atoms with Crippen molar-refractivity contribution in [1.29, 1.82) is 0 Å². The molecule has 4 nitrogen and oxygen atoms in total. The number of sulfonamides is 1. The molecule has 0 radical (unpaired) electrons. The number of hydrogen-bond donors (Lipinski definition) is 1. The maximum absolute atomic E-state index is 12.3. The van der Waals surface area contributed by atoms with E-state index in [0.717, 1.165) is 0 Å². The summed E-state index contributed by atoms with van der Waals surface area (Å²) in [4.78, 5) is 3.80. The van der Waals surface area contributed by atoms with Crippen LogP contribution in [0.2, 0.25) is 10.2 Å². The van der Waals surface area contributed by atoms with E-state index in [1.54, 1.807) is 6.07 Å². The van der Waals surface area contributed by atoms with Crippen LogP contribution in [-0.4, -0.2) is 13.4 Å². The first-order valence-corrected chi connectivity index (χ1v) is 8.91. The van der Waals surface area contributed by atoms with Crippen molar-refractivity contribution in [2.75, 3.05) is 4.72 Å². The molecule has 106 valence electrons. The van der Waals surface area contributed by atoms with E-state index in [1.165, 1.54) is 24.4 Å². The second-order valence-electron chi connectivity index (χ2n) is 3.67. The van der Waals surface area contributed by atoms with Gasteiger partial charge in [0.2, 0.25) is 0 Å². The maximum atomic E-state index is 12.3. The van der Waals surface area contributed by atoms with Gasteiger partial charge in [-0.3, -0.25) is 4.72 Å². The highest BCUT2D eigenvalue weighted by molar-refractivity contribution is 9.10. The lowest BCUT2D eigenvalue weighted by atomic mass is 10.4. The van der Waals surface area contributed by atoms with Crippen LogP contribution < -0.4 is 4.72 Å². The molecule has 1 N–H and O–H groups in total. The highest BCUT2D eigenvalue weighted by atomic mass is 79.9. The molecule has 9 heteroatoms. The molecule has 20 heavy (non-hydrogen) atoms. The first kappa shape index (κ1) is 16.0. The van der Waals surface area contributed by atoms with Crippen molar-refractivity contribution in [1.82, 2.24) is 4.98 Å². The Hall–Kier alpha value is -0.340. The fourth-order valence-corrected chi connectivity index (χ4v) is 4.02. The number of aromatic nitrogens is 1. The summed E-state index contributed by atoms with van der Waals surface area (Å²) in [5, 5.41) is 0.149. The number of anilines is 1. The van der Waals surface area contributed by atoms with E-state index in [-0.39, 0.29) is 20.8 Å². The summed E-state index contributed by atoms with van der Waals surface area (Å²) >= 11 is 18.2. The highest BCUT2D eigenvalue weighted by Crippen LogP contribution is 2.29. The van der Waals surface area contributed by atoms with Crippen LogP contribution in [0.3, 0.4) is 0 Å². The number of hydrogen-bond acceptors (Lipinski definition) is 3. The predicted octanol–water partition coefficient (Wildman–Crippen LogP) is 4.71. The van der Waals surface area contributed by atoms with E-state index in [1.807, 2.05) is 0 Å². The summed E-state index contributed by atoms with van der Waals surface area (Å²) in [5.41, 5.74) is 0.167. The first-order valence-electron chi connectivity index (χ1n) is 5.08. The van der Waals surface area contributed by atoms with Gasteiger partial charge in [0, 0.05) is 15.1 Å². The third kappa shape index (κ3) is 3.65. The fourth-order valence-electron chi connectivity index (χ4n) is 1.39. The van der Waals surface area contributed by atoms with Crippen molar-refractivity contribution >= 4 is 70.8 Å². The van der Waals surface area contributed by atoms with Crippen LogP contribution in [0.5, 0.6) is 0 Å². The Morgan fingerprint density at radius 3 is 2.45 bits per heavy atom. The molecule has 0 atom stereocenters. The summed E-state index contributed by atoms with van der Waals surface area (Å²) in [5.74, 6) is 0. The molecule has 0 aliphatic carbocycles. The molecule has 2 rings (SSSR count). The van der Waals surface area contributed by atoms with E-state index in [2.05, 4.69) is 41.6 Å². The van der Waals surface area contributed by atoms with Crippen molar-refractivity contribution in [3.05, 3.63) is 49.6 Å². The zero-order valence-corrected chi connectivity index (χ0v) is 15.1. The second kappa shape index (κ2) is 6.19. The molecule has 0 saturated heterocycles. The molecule has 0 saturated carbocycles. The summed E-state index contributed by atoms with van der Waals surface area (Å²) in [6.45, 7) is 0. The van der Waals surface area contributed by atoms with Crippen LogP contribution in [0.4, 0.5) is 5.69 Å². The minimum absolute atomic E-state index is 0.0431. The minimum Gasteiger partial charge on any atom is -0.276 e. The van der Waals surface area contributed by atoms with Gasteiger partial charge >= 0.3 is 0 Å². The largest absolute Gasteiger partial charge is 0.276 e. The third-order valence-corrected chi connectivity index (χ3v) is 5.31. The van der Waals surface area contributed by atoms with Gasteiger partial charge in [-0.2, -0.15) is 0 Å². The topological polar surface area (TPSA) is 59.1 Å². The van der Waals surface area contributed by atoms with Gasteiger partial charge in [0.25, 0.3) is 10.0 Å². The molecule has 0 aliphatic heterocycles.